The molecule has 0 aliphatic heterocycles. The molecule has 134 valence electrons. The quantitative estimate of drug-likeness (QED) is 0.550. The number of rotatable bonds is 4. The van der Waals surface area contributed by atoms with Crippen molar-refractivity contribution in [3.05, 3.63) is 34.4 Å². The maximum Gasteiger partial charge on any atom is -0.0276 e. The molecule has 0 nitrogen and oxygen atoms in total. The molecule has 0 saturated heterocycles. The smallest absolute Gasteiger partial charge is 0.0276 e. The van der Waals surface area contributed by atoms with Crippen LogP contribution in [-0.4, -0.2) is 0 Å². The van der Waals surface area contributed by atoms with Crippen LogP contribution in [0.5, 0.6) is 0 Å². The van der Waals surface area contributed by atoms with Gasteiger partial charge in [0.15, 0.2) is 0 Å². The average Bonchev–Trinajstić information content (AvgIpc) is 2.59. The van der Waals surface area contributed by atoms with Crippen molar-refractivity contribution in [2.75, 3.05) is 0 Å². The molecule has 24 heavy (non-hydrogen) atoms. The molecule has 0 heterocycles. The summed E-state index contributed by atoms with van der Waals surface area (Å²) < 4.78 is 0. The largest absolute Gasteiger partial charge is 0.0625 e. The molecule has 0 heteroatoms. The van der Waals surface area contributed by atoms with Gasteiger partial charge in [0, 0.05) is 0 Å². The molecule has 2 aliphatic rings. The average molecular weight is 327 g/mol. The molecule has 0 radical (unpaired) electrons. The molecule has 0 atom stereocenters. The standard InChI is InChI=1S/C24H38/c1-17-5-11-23(12-6-17)24-13-9-21(10-14-24)7-8-22-15-18(2)20(4)19(3)16-22/h15-17,21,23-24H,5-14H2,1-4H3. The van der Waals surface area contributed by atoms with E-state index in [1.165, 1.54) is 80.9 Å². The fourth-order valence-electron chi connectivity index (χ4n) is 5.35. The van der Waals surface area contributed by atoms with E-state index in [1.54, 1.807) is 5.56 Å². The summed E-state index contributed by atoms with van der Waals surface area (Å²) in [6.45, 7) is 9.23. The zero-order valence-electron chi connectivity index (χ0n) is 16.5. The van der Waals surface area contributed by atoms with Gasteiger partial charge in [0.1, 0.15) is 0 Å². The van der Waals surface area contributed by atoms with Gasteiger partial charge < -0.3 is 0 Å². The molecule has 0 unspecified atom stereocenters. The van der Waals surface area contributed by atoms with Crippen LogP contribution in [0.25, 0.3) is 0 Å². The minimum atomic E-state index is 0.991. The second-order valence-electron chi connectivity index (χ2n) is 9.19. The SMILES string of the molecule is Cc1cc(CCC2CCC(C3CCC(C)CC3)CC2)cc(C)c1C. The molecule has 2 fully saturated rings. The van der Waals surface area contributed by atoms with Crippen molar-refractivity contribution >= 4 is 0 Å². The number of hydrogen-bond donors (Lipinski definition) is 0. The Kier molecular flexibility index (Phi) is 6.06. The molecule has 0 bridgehead atoms. The van der Waals surface area contributed by atoms with Crippen molar-refractivity contribution in [2.45, 2.75) is 91.9 Å². The Bertz CT molecular complexity index is 502. The maximum absolute atomic E-state index is 2.45. The molecular weight excluding hydrogens is 288 g/mol. The molecule has 1 aromatic rings. The minimum absolute atomic E-state index is 0.991. The van der Waals surface area contributed by atoms with Gasteiger partial charge in [0.25, 0.3) is 0 Å². The lowest BCUT2D eigenvalue weighted by molar-refractivity contribution is 0.148. The first-order valence-corrected chi connectivity index (χ1v) is 10.6. The lowest BCUT2D eigenvalue weighted by Crippen LogP contribution is -2.25. The Balaban J connectivity index is 1.44. The van der Waals surface area contributed by atoms with Crippen LogP contribution < -0.4 is 0 Å². The van der Waals surface area contributed by atoms with Gasteiger partial charge in [-0.1, -0.05) is 44.7 Å². The summed E-state index contributed by atoms with van der Waals surface area (Å²) in [6, 6.07) is 4.86. The first-order chi connectivity index (χ1) is 11.5. The highest BCUT2D eigenvalue weighted by Crippen LogP contribution is 2.42. The fourth-order valence-corrected chi connectivity index (χ4v) is 5.35. The van der Waals surface area contributed by atoms with Gasteiger partial charge in [0.05, 0.1) is 0 Å². The van der Waals surface area contributed by atoms with E-state index in [1.807, 2.05) is 0 Å². The lowest BCUT2D eigenvalue weighted by Gasteiger charge is -2.37. The number of aryl methyl sites for hydroxylation is 3. The van der Waals surface area contributed by atoms with E-state index in [4.69, 9.17) is 0 Å². The van der Waals surface area contributed by atoms with Crippen LogP contribution >= 0.6 is 0 Å². The zero-order chi connectivity index (χ0) is 17.1. The van der Waals surface area contributed by atoms with E-state index in [9.17, 15) is 0 Å². The maximum atomic E-state index is 2.45. The van der Waals surface area contributed by atoms with E-state index < -0.39 is 0 Å². The van der Waals surface area contributed by atoms with Gasteiger partial charge in [-0.05, 0) is 105 Å². The van der Waals surface area contributed by atoms with Crippen LogP contribution in [0.4, 0.5) is 0 Å². The third-order valence-electron chi connectivity index (χ3n) is 7.45. The first-order valence-electron chi connectivity index (χ1n) is 10.6. The normalized spacial score (nSPS) is 31.2. The summed E-state index contributed by atoms with van der Waals surface area (Å²) in [5.41, 5.74) is 5.99. The second-order valence-corrected chi connectivity index (χ2v) is 9.19. The minimum Gasteiger partial charge on any atom is -0.0625 e. The summed E-state index contributed by atoms with van der Waals surface area (Å²) in [7, 11) is 0. The van der Waals surface area contributed by atoms with Crippen molar-refractivity contribution in [1.82, 2.24) is 0 Å². The predicted octanol–water partition coefficient (Wildman–Crippen LogP) is 7.18. The van der Waals surface area contributed by atoms with Crippen LogP contribution in [-0.2, 0) is 6.42 Å². The highest BCUT2D eigenvalue weighted by molar-refractivity contribution is 5.36. The van der Waals surface area contributed by atoms with Crippen LogP contribution in [0.15, 0.2) is 12.1 Å². The van der Waals surface area contributed by atoms with Crippen molar-refractivity contribution in [3.8, 4) is 0 Å². The summed E-state index contributed by atoms with van der Waals surface area (Å²) in [5, 5.41) is 0. The van der Waals surface area contributed by atoms with Crippen molar-refractivity contribution in [3.63, 3.8) is 0 Å². The Hall–Kier alpha value is -0.780. The van der Waals surface area contributed by atoms with Gasteiger partial charge in [-0.25, -0.2) is 0 Å². The topological polar surface area (TPSA) is 0 Å². The van der Waals surface area contributed by atoms with Crippen LogP contribution in [0, 0.1) is 44.4 Å². The van der Waals surface area contributed by atoms with E-state index >= 15 is 0 Å². The third-order valence-corrected chi connectivity index (χ3v) is 7.45. The Morgan fingerprint density at radius 3 is 1.79 bits per heavy atom. The summed E-state index contributed by atoms with van der Waals surface area (Å²) in [4.78, 5) is 0. The third kappa shape index (κ3) is 4.44. The molecule has 0 N–H and O–H groups in total. The van der Waals surface area contributed by atoms with Crippen molar-refractivity contribution in [2.24, 2.45) is 23.7 Å². The fraction of sp³-hybridized carbons (Fsp3) is 0.750. The molecular formula is C24H38. The van der Waals surface area contributed by atoms with Gasteiger partial charge >= 0.3 is 0 Å². The predicted molar refractivity (Wildman–Crippen MR) is 106 cm³/mol. The van der Waals surface area contributed by atoms with Crippen molar-refractivity contribution in [1.29, 1.82) is 0 Å². The van der Waals surface area contributed by atoms with Gasteiger partial charge in [0.2, 0.25) is 0 Å². The Morgan fingerprint density at radius 1 is 0.750 bits per heavy atom. The summed E-state index contributed by atoms with van der Waals surface area (Å²) in [5.74, 6) is 4.13. The first kappa shape index (κ1) is 18.0. The van der Waals surface area contributed by atoms with Crippen LogP contribution in [0.3, 0.4) is 0 Å². The van der Waals surface area contributed by atoms with E-state index in [0.717, 1.165) is 23.7 Å². The number of hydrogen-bond acceptors (Lipinski definition) is 0. The molecule has 0 amide bonds. The van der Waals surface area contributed by atoms with Gasteiger partial charge in [-0.15, -0.1) is 0 Å². The molecule has 0 spiro atoms. The van der Waals surface area contributed by atoms with Crippen LogP contribution in [0.1, 0.15) is 87.0 Å². The molecule has 1 aromatic carbocycles. The monoisotopic (exact) mass is 326 g/mol. The van der Waals surface area contributed by atoms with Crippen molar-refractivity contribution < 1.29 is 0 Å². The van der Waals surface area contributed by atoms with Gasteiger partial charge in [-0.3, -0.25) is 0 Å². The number of benzene rings is 1. The molecule has 2 saturated carbocycles. The summed E-state index contributed by atoms with van der Waals surface area (Å²) >= 11 is 0. The second kappa shape index (κ2) is 8.07. The molecule has 0 aromatic heterocycles. The highest BCUT2D eigenvalue weighted by atomic mass is 14.3. The highest BCUT2D eigenvalue weighted by Gasteiger charge is 2.29. The van der Waals surface area contributed by atoms with E-state index in [0.29, 0.717) is 0 Å². The zero-order valence-corrected chi connectivity index (χ0v) is 16.5. The summed E-state index contributed by atoms with van der Waals surface area (Å²) in [6.07, 6.45) is 14.8. The van der Waals surface area contributed by atoms with Crippen LogP contribution in [0.2, 0.25) is 0 Å². The Labute approximate surface area is 150 Å². The van der Waals surface area contributed by atoms with E-state index in [2.05, 4.69) is 39.8 Å². The molecule has 2 aliphatic carbocycles. The lowest BCUT2D eigenvalue weighted by atomic mass is 9.69. The Morgan fingerprint density at radius 2 is 1.25 bits per heavy atom. The molecule has 3 rings (SSSR count). The van der Waals surface area contributed by atoms with Gasteiger partial charge in [-0.2, -0.15) is 0 Å². The van der Waals surface area contributed by atoms with E-state index in [-0.39, 0.29) is 0 Å².